The van der Waals surface area contributed by atoms with Gasteiger partial charge in [0.05, 0.1) is 0 Å². The Bertz CT molecular complexity index is 761. The summed E-state index contributed by atoms with van der Waals surface area (Å²) in [6.07, 6.45) is 7.36. The monoisotopic (exact) mass is 400 g/mol. The van der Waals surface area contributed by atoms with Crippen molar-refractivity contribution < 1.29 is 14.3 Å². The summed E-state index contributed by atoms with van der Waals surface area (Å²) < 4.78 is 5.62. The van der Waals surface area contributed by atoms with Crippen molar-refractivity contribution in [1.29, 1.82) is 0 Å². The van der Waals surface area contributed by atoms with Gasteiger partial charge in [-0.1, -0.05) is 6.92 Å². The van der Waals surface area contributed by atoms with E-state index in [0.717, 1.165) is 50.9 Å². The number of likely N-dealkylation sites (tertiary alicyclic amines) is 1. The van der Waals surface area contributed by atoms with Gasteiger partial charge in [-0.05, 0) is 68.1 Å². The smallest absolute Gasteiger partial charge is 0.410 e. The molecule has 7 nitrogen and oxygen atoms in total. The van der Waals surface area contributed by atoms with Crippen LogP contribution in [0.1, 0.15) is 57.6 Å². The first-order chi connectivity index (χ1) is 13.8. The molecule has 1 atom stereocenters. The molecular formula is C22H32N4O3. The second-order valence-corrected chi connectivity index (χ2v) is 9.42. The van der Waals surface area contributed by atoms with Crippen LogP contribution in [0.4, 0.5) is 9.59 Å². The molecule has 1 aromatic heterocycles. The Morgan fingerprint density at radius 3 is 2.66 bits per heavy atom. The number of rotatable bonds is 4. The van der Waals surface area contributed by atoms with Gasteiger partial charge >= 0.3 is 12.1 Å². The molecule has 1 spiro atoms. The standard InChI is InChI=1S/C22H32N4O3/c1-4-21(2,3)29-20(28)25-9-6-22(7-10-25)11-18(22)13-24-19(27)26-14-16-5-8-23-12-17(16)15-26/h5,8,12,18H,4,6-7,9-11,13-15H2,1-3H3,(H,24,27). The molecule has 1 unspecified atom stereocenters. The zero-order valence-electron chi connectivity index (χ0n) is 17.7. The van der Waals surface area contributed by atoms with Gasteiger partial charge in [-0.25, -0.2) is 9.59 Å². The normalized spacial score (nSPS) is 22.4. The number of carbonyl (C=O) groups is 2. The second kappa shape index (κ2) is 7.50. The molecule has 0 radical (unpaired) electrons. The van der Waals surface area contributed by atoms with Crippen molar-refractivity contribution in [3.05, 3.63) is 29.6 Å². The lowest BCUT2D eigenvalue weighted by Crippen LogP contribution is -2.43. The summed E-state index contributed by atoms with van der Waals surface area (Å²) in [7, 11) is 0. The number of amides is 3. The molecule has 29 heavy (non-hydrogen) atoms. The van der Waals surface area contributed by atoms with Gasteiger partial charge in [0.1, 0.15) is 5.60 Å². The Hall–Kier alpha value is -2.31. The van der Waals surface area contributed by atoms with Crippen molar-refractivity contribution in [3.8, 4) is 0 Å². The summed E-state index contributed by atoms with van der Waals surface area (Å²) in [5.41, 5.74) is 2.20. The largest absolute Gasteiger partial charge is 0.443 e. The molecule has 4 rings (SSSR count). The van der Waals surface area contributed by atoms with E-state index in [2.05, 4.69) is 10.3 Å². The SMILES string of the molecule is CCC(C)(C)OC(=O)N1CCC2(CC1)CC2CNC(=O)N1Cc2ccncc2C1. The van der Waals surface area contributed by atoms with Crippen molar-refractivity contribution in [2.75, 3.05) is 19.6 Å². The highest BCUT2D eigenvalue weighted by molar-refractivity contribution is 5.75. The molecule has 7 heteroatoms. The maximum Gasteiger partial charge on any atom is 0.410 e. The summed E-state index contributed by atoms with van der Waals surface area (Å²) in [5, 5.41) is 3.13. The predicted octanol–water partition coefficient (Wildman–Crippen LogP) is 3.53. The number of carbonyl (C=O) groups excluding carboxylic acids is 2. The van der Waals surface area contributed by atoms with Crippen molar-refractivity contribution in [3.63, 3.8) is 0 Å². The van der Waals surface area contributed by atoms with Crippen LogP contribution in [0.15, 0.2) is 18.5 Å². The predicted molar refractivity (Wildman–Crippen MR) is 109 cm³/mol. The average molecular weight is 401 g/mol. The van der Waals surface area contributed by atoms with Gasteiger partial charge in [-0.2, -0.15) is 0 Å². The Morgan fingerprint density at radius 2 is 1.97 bits per heavy atom. The zero-order chi connectivity index (χ0) is 20.6. The molecule has 1 aromatic rings. The highest BCUT2D eigenvalue weighted by Gasteiger charge is 2.55. The third-order valence-corrected chi connectivity index (χ3v) is 7.11. The fraction of sp³-hybridized carbons (Fsp3) is 0.682. The topological polar surface area (TPSA) is 74.8 Å². The first-order valence-electron chi connectivity index (χ1n) is 10.7. The highest BCUT2D eigenvalue weighted by Crippen LogP contribution is 2.59. The van der Waals surface area contributed by atoms with E-state index in [1.165, 1.54) is 5.56 Å². The Kier molecular flexibility index (Phi) is 5.17. The first kappa shape index (κ1) is 20.0. The Labute approximate surface area is 172 Å². The van der Waals surface area contributed by atoms with Crippen LogP contribution < -0.4 is 5.32 Å². The summed E-state index contributed by atoms with van der Waals surface area (Å²) in [6.45, 7) is 9.43. The minimum atomic E-state index is -0.413. The van der Waals surface area contributed by atoms with Crippen molar-refractivity contribution in [2.45, 2.75) is 65.1 Å². The summed E-state index contributed by atoms with van der Waals surface area (Å²) >= 11 is 0. The lowest BCUT2D eigenvalue weighted by atomic mass is 9.91. The molecule has 3 aliphatic rings. The van der Waals surface area contributed by atoms with E-state index in [0.29, 0.717) is 24.4 Å². The van der Waals surface area contributed by atoms with E-state index in [1.54, 1.807) is 6.20 Å². The van der Waals surface area contributed by atoms with Gasteiger partial charge in [-0.15, -0.1) is 0 Å². The zero-order valence-corrected chi connectivity index (χ0v) is 17.7. The van der Waals surface area contributed by atoms with E-state index >= 15 is 0 Å². The quantitative estimate of drug-likeness (QED) is 0.839. The van der Waals surface area contributed by atoms with Crippen molar-refractivity contribution in [2.24, 2.45) is 11.3 Å². The highest BCUT2D eigenvalue weighted by atomic mass is 16.6. The maximum atomic E-state index is 12.5. The van der Waals surface area contributed by atoms with Crippen LogP contribution >= 0.6 is 0 Å². The molecule has 0 aromatic carbocycles. The first-order valence-corrected chi connectivity index (χ1v) is 10.7. The van der Waals surface area contributed by atoms with Crippen LogP contribution in [0.3, 0.4) is 0 Å². The van der Waals surface area contributed by atoms with Crippen LogP contribution in [0.5, 0.6) is 0 Å². The van der Waals surface area contributed by atoms with Gasteiger partial charge in [0, 0.05) is 45.1 Å². The van der Waals surface area contributed by atoms with Crippen molar-refractivity contribution >= 4 is 12.1 Å². The molecule has 2 aliphatic heterocycles. The molecular weight excluding hydrogens is 368 g/mol. The van der Waals surface area contributed by atoms with Gasteiger partial charge in [0.2, 0.25) is 0 Å². The molecule has 0 bridgehead atoms. The van der Waals surface area contributed by atoms with E-state index in [9.17, 15) is 9.59 Å². The van der Waals surface area contributed by atoms with Crippen LogP contribution in [-0.4, -0.2) is 52.1 Å². The number of nitrogens with zero attached hydrogens (tertiary/aromatic N) is 3. The number of hydrogen-bond acceptors (Lipinski definition) is 4. The number of urea groups is 1. The number of ether oxygens (including phenoxy) is 1. The lowest BCUT2D eigenvalue weighted by Gasteiger charge is -2.35. The van der Waals surface area contributed by atoms with Crippen molar-refractivity contribution in [1.82, 2.24) is 20.1 Å². The van der Waals surface area contributed by atoms with E-state index in [4.69, 9.17) is 4.74 Å². The van der Waals surface area contributed by atoms with Gasteiger partial charge in [0.25, 0.3) is 0 Å². The molecule has 158 valence electrons. The number of fused-ring (bicyclic) bond motifs is 1. The van der Waals surface area contributed by atoms with Crippen LogP contribution in [0.2, 0.25) is 0 Å². The van der Waals surface area contributed by atoms with E-state index in [-0.39, 0.29) is 12.1 Å². The van der Waals surface area contributed by atoms with E-state index < -0.39 is 5.60 Å². The average Bonchev–Trinajstić information content (AvgIpc) is 3.18. The maximum absolute atomic E-state index is 12.5. The molecule has 1 aliphatic carbocycles. The fourth-order valence-electron chi connectivity index (χ4n) is 4.53. The number of hydrogen-bond donors (Lipinski definition) is 1. The van der Waals surface area contributed by atoms with Crippen LogP contribution in [-0.2, 0) is 17.8 Å². The number of pyridine rings is 1. The summed E-state index contributed by atoms with van der Waals surface area (Å²) in [5.74, 6) is 0.517. The molecule has 3 heterocycles. The van der Waals surface area contributed by atoms with Crippen LogP contribution in [0.25, 0.3) is 0 Å². The van der Waals surface area contributed by atoms with E-state index in [1.807, 2.05) is 42.8 Å². The number of nitrogens with one attached hydrogen (secondary N) is 1. The summed E-state index contributed by atoms with van der Waals surface area (Å²) in [6, 6.07) is 1.99. The molecule has 1 N–H and O–H groups in total. The molecule has 1 saturated heterocycles. The third-order valence-electron chi connectivity index (χ3n) is 7.11. The fourth-order valence-corrected chi connectivity index (χ4v) is 4.53. The Morgan fingerprint density at radius 1 is 1.24 bits per heavy atom. The number of aromatic nitrogens is 1. The lowest BCUT2D eigenvalue weighted by molar-refractivity contribution is 0.00422. The van der Waals surface area contributed by atoms with Gasteiger partial charge in [0.15, 0.2) is 0 Å². The number of piperidine rings is 1. The van der Waals surface area contributed by atoms with Crippen LogP contribution in [0, 0.1) is 11.3 Å². The minimum absolute atomic E-state index is 0.00561. The molecule has 2 fully saturated rings. The second-order valence-electron chi connectivity index (χ2n) is 9.42. The molecule has 3 amide bonds. The molecule has 1 saturated carbocycles. The third kappa shape index (κ3) is 4.19. The van der Waals surface area contributed by atoms with Gasteiger partial charge < -0.3 is 19.9 Å². The Balaban J connectivity index is 1.20. The minimum Gasteiger partial charge on any atom is -0.443 e. The summed E-state index contributed by atoms with van der Waals surface area (Å²) in [4.78, 5) is 32.7. The van der Waals surface area contributed by atoms with Gasteiger partial charge in [-0.3, -0.25) is 4.98 Å².